The molecule has 0 heterocycles. The highest BCUT2D eigenvalue weighted by molar-refractivity contribution is 14.1. The van der Waals surface area contributed by atoms with Crippen molar-refractivity contribution in [2.45, 2.75) is 4.90 Å². The monoisotopic (exact) mass is 352 g/mol. The van der Waals surface area contributed by atoms with Crippen LogP contribution in [0.3, 0.4) is 0 Å². The predicted octanol–water partition coefficient (Wildman–Crippen LogP) is 3.37. The smallest absolute Gasteiger partial charge is 0.207 e. The van der Waals surface area contributed by atoms with Crippen LogP contribution in [0.5, 0.6) is 0 Å². The van der Waals surface area contributed by atoms with Gasteiger partial charge in [0.1, 0.15) is 0 Å². The summed E-state index contributed by atoms with van der Waals surface area (Å²) in [6.45, 7) is 0. The van der Waals surface area contributed by atoms with Gasteiger partial charge in [-0.1, -0.05) is 18.2 Å². The van der Waals surface area contributed by atoms with E-state index >= 15 is 0 Å². The summed E-state index contributed by atoms with van der Waals surface area (Å²) in [4.78, 5) is 0.138. The molecule has 0 fully saturated rings. The van der Waals surface area contributed by atoms with E-state index < -0.39 is 9.05 Å². The number of hydrogen-bond donors (Lipinski definition) is 0. The summed E-state index contributed by atoms with van der Waals surface area (Å²) in [5.41, 5.74) is 0. The summed E-state index contributed by atoms with van der Waals surface area (Å²) in [6.07, 6.45) is 0. The molecule has 0 saturated carbocycles. The third kappa shape index (κ3) is 2.26. The van der Waals surface area contributed by atoms with Crippen molar-refractivity contribution in [3.63, 3.8) is 0 Å². The van der Waals surface area contributed by atoms with E-state index in [0.717, 1.165) is 14.3 Å². The van der Waals surface area contributed by atoms with Gasteiger partial charge in [0.2, 0.25) is 0 Å². The fourth-order valence-electron chi connectivity index (χ4n) is 1.37. The molecule has 0 bridgehead atoms. The van der Waals surface area contributed by atoms with Gasteiger partial charge in [-0.2, -0.15) is 0 Å². The molecule has 0 unspecified atom stereocenters. The third-order valence-corrected chi connectivity index (χ3v) is 4.37. The summed E-state index contributed by atoms with van der Waals surface area (Å²) in [5.74, 6) is 0. The highest BCUT2D eigenvalue weighted by Crippen LogP contribution is 2.24. The van der Waals surface area contributed by atoms with E-state index in [9.17, 15) is 8.42 Å². The zero-order chi connectivity index (χ0) is 11.1. The average Bonchev–Trinajstić information content (AvgIpc) is 2.16. The van der Waals surface area contributed by atoms with Crippen LogP contribution >= 0.6 is 33.3 Å². The van der Waals surface area contributed by atoms with Crippen LogP contribution in [-0.2, 0) is 9.05 Å². The lowest BCUT2D eigenvalue weighted by Gasteiger charge is -2.02. The lowest BCUT2D eigenvalue weighted by Crippen LogP contribution is -1.90. The largest absolute Gasteiger partial charge is 0.261 e. The number of rotatable bonds is 1. The van der Waals surface area contributed by atoms with Crippen LogP contribution in [0.2, 0.25) is 0 Å². The fourth-order valence-corrected chi connectivity index (χ4v) is 2.86. The minimum Gasteiger partial charge on any atom is -0.207 e. The zero-order valence-electron chi connectivity index (χ0n) is 7.44. The van der Waals surface area contributed by atoms with Crippen LogP contribution in [0.15, 0.2) is 41.3 Å². The zero-order valence-corrected chi connectivity index (χ0v) is 11.2. The Kier molecular flexibility index (Phi) is 2.92. The fraction of sp³-hybridized carbons (Fsp3) is 0. The van der Waals surface area contributed by atoms with E-state index in [1.54, 1.807) is 12.1 Å². The number of halogens is 2. The molecule has 0 aliphatic rings. The third-order valence-electron chi connectivity index (χ3n) is 2.08. The molecule has 0 aromatic heterocycles. The van der Waals surface area contributed by atoms with Gasteiger partial charge >= 0.3 is 0 Å². The molecule has 2 nitrogen and oxygen atoms in total. The molecule has 78 valence electrons. The first-order chi connectivity index (χ1) is 6.98. The molecule has 0 aliphatic heterocycles. The van der Waals surface area contributed by atoms with E-state index in [2.05, 4.69) is 22.6 Å². The predicted molar refractivity (Wildman–Crippen MR) is 69.7 cm³/mol. The summed E-state index contributed by atoms with van der Waals surface area (Å²) >= 11 is 2.21. The molecule has 2 aromatic rings. The lowest BCUT2D eigenvalue weighted by atomic mass is 10.1. The maximum absolute atomic E-state index is 11.1. The standard InChI is InChI=1S/C10H6ClIO2S/c11-15(13,14)8-4-5-9-7(6-8)2-1-3-10(9)12/h1-6H. The van der Waals surface area contributed by atoms with E-state index in [0.29, 0.717) is 0 Å². The minimum absolute atomic E-state index is 0.138. The van der Waals surface area contributed by atoms with Gasteiger partial charge in [-0.3, -0.25) is 0 Å². The molecular formula is C10H6ClIO2S. The van der Waals surface area contributed by atoms with E-state index in [1.165, 1.54) is 6.07 Å². The molecule has 15 heavy (non-hydrogen) atoms. The van der Waals surface area contributed by atoms with Crippen LogP contribution in [0.25, 0.3) is 10.8 Å². The molecule has 0 N–H and O–H groups in total. The summed E-state index contributed by atoms with van der Waals surface area (Å²) in [5, 5.41) is 1.91. The van der Waals surface area contributed by atoms with Crippen molar-refractivity contribution in [1.29, 1.82) is 0 Å². The number of benzene rings is 2. The minimum atomic E-state index is -3.64. The van der Waals surface area contributed by atoms with E-state index in [1.807, 2.05) is 18.2 Å². The molecule has 2 aromatic carbocycles. The first kappa shape index (κ1) is 11.2. The van der Waals surface area contributed by atoms with Crippen molar-refractivity contribution in [2.75, 3.05) is 0 Å². The van der Waals surface area contributed by atoms with Crippen molar-refractivity contribution in [1.82, 2.24) is 0 Å². The molecule has 5 heteroatoms. The molecule has 0 amide bonds. The van der Waals surface area contributed by atoms with Gasteiger partial charge < -0.3 is 0 Å². The van der Waals surface area contributed by atoms with Gasteiger partial charge in [0.25, 0.3) is 9.05 Å². The normalized spacial score (nSPS) is 11.9. The SMILES string of the molecule is O=S(=O)(Cl)c1ccc2c(I)cccc2c1. The second-order valence-electron chi connectivity index (χ2n) is 3.06. The second-order valence-corrected chi connectivity index (χ2v) is 6.79. The van der Waals surface area contributed by atoms with Crippen LogP contribution in [-0.4, -0.2) is 8.42 Å². The first-order valence-corrected chi connectivity index (χ1v) is 7.50. The molecule has 0 spiro atoms. The maximum atomic E-state index is 11.1. The Morgan fingerprint density at radius 2 is 1.87 bits per heavy atom. The van der Waals surface area contributed by atoms with Crippen molar-refractivity contribution < 1.29 is 8.42 Å². The molecule has 0 aliphatic carbocycles. The van der Waals surface area contributed by atoms with Crippen molar-refractivity contribution >= 4 is 53.1 Å². The van der Waals surface area contributed by atoms with Gasteiger partial charge in [-0.15, -0.1) is 0 Å². The highest BCUT2D eigenvalue weighted by Gasteiger charge is 2.10. The van der Waals surface area contributed by atoms with Gasteiger partial charge in [0, 0.05) is 14.3 Å². The van der Waals surface area contributed by atoms with Crippen LogP contribution in [0.4, 0.5) is 0 Å². The highest BCUT2D eigenvalue weighted by atomic mass is 127. The number of fused-ring (bicyclic) bond motifs is 1. The van der Waals surface area contributed by atoms with Crippen molar-refractivity contribution in [3.8, 4) is 0 Å². The summed E-state index contributed by atoms with van der Waals surface area (Å²) in [6, 6.07) is 10.6. The van der Waals surface area contributed by atoms with Gasteiger partial charge in [-0.05, 0) is 51.6 Å². The first-order valence-electron chi connectivity index (χ1n) is 4.11. The Hall–Kier alpha value is -0.330. The number of hydrogen-bond acceptors (Lipinski definition) is 2. The Balaban J connectivity index is 2.79. The Morgan fingerprint density at radius 3 is 2.53 bits per heavy atom. The Labute approximate surface area is 106 Å². The summed E-state index contributed by atoms with van der Waals surface area (Å²) < 4.78 is 23.3. The quantitative estimate of drug-likeness (QED) is 0.582. The van der Waals surface area contributed by atoms with Crippen LogP contribution < -0.4 is 0 Å². The van der Waals surface area contributed by atoms with E-state index in [-0.39, 0.29) is 4.90 Å². The second kappa shape index (κ2) is 3.92. The lowest BCUT2D eigenvalue weighted by molar-refractivity contribution is 0.609. The maximum Gasteiger partial charge on any atom is 0.261 e. The summed E-state index contributed by atoms with van der Waals surface area (Å²) in [7, 11) is 1.63. The molecule has 0 radical (unpaired) electrons. The molecular weight excluding hydrogens is 347 g/mol. The topological polar surface area (TPSA) is 34.1 Å². The van der Waals surface area contributed by atoms with Gasteiger partial charge in [0.05, 0.1) is 4.90 Å². The van der Waals surface area contributed by atoms with Crippen LogP contribution in [0.1, 0.15) is 0 Å². The molecule has 0 atom stereocenters. The van der Waals surface area contributed by atoms with Crippen molar-refractivity contribution in [3.05, 3.63) is 40.0 Å². The van der Waals surface area contributed by atoms with Crippen molar-refractivity contribution in [2.24, 2.45) is 0 Å². The molecule has 0 saturated heterocycles. The van der Waals surface area contributed by atoms with Gasteiger partial charge in [0.15, 0.2) is 0 Å². The molecule has 2 rings (SSSR count). The van der Waals surface area contributed by atoms with Crippen LogP contribution in [0, 0.1) is 3.57 Å². The van der Waals surface area contributed by atoms with E-state index in [4.69, 9.17) is 10.7 Å². The Morgan fingerprint density at radius 1 is 1.13 bits per heavy atom. The Bertz CT molecular complexity index is 622. The average molecular weight is 353 g/mol. The van der Waals surface area contributed by atoms with Gasteiger partial charge in [-0.25, -0.2) is 8.42 Å².